The lowest BCUT2D eigenvalue weighted by Gasteiger charge is -2.08. The first kappa shape index (κ1) is 13.0. The molecule has 17 heavy (non-hydrogen) atoms. The Morgan fingerprint density at radius 2 is 2.00 bits per heavy atom. The average Bonchev–Trinajstić information content (AvgIpc) is 2.62. The van der Waals surface area contributed by atoms with Gasteiger partial charge in [-0.3, -0.25) is 0 Å². The van der Waals surface area contributed by atoms with Crippen LogP contribution in [0.4, 0.5) is 8.78 Å². The first-order valence-electron chi connectivity index (χ1n) is 4.84. The summed E-state index contributed by atoms with van der Waals surface area (Å²) in [6.07, 6.45) is 0. The van der Waals surface area contributed by atoms with Gasteiger partial charge in [0.1, 0.15) is 11.6 Å². The smallest absolute Gasteiger partial charge is 0.128 e. The Hall–Kier alpha value is -0.450. The highest BCUT2D eigenvalue weighted by Gasteiger charge is 2.18. The molecule has 90 valence electrons. The van der Waals surface area contributed by atoms with Crippen molar-refractivity contribution in [2.75, 3.05) is 0 Å². The third-order valence-corrected chi connectivity index (χ3v) is 5.16. The van der Waals surface area contributed by atoms with Crippen LogP contribution in [0.15, 0.2) is 28.1 Å². The predicted octanol–water partition coefficient (Wildman–Crippen LogP) is 5.43. The number of benzene rings is 1. The van der Waals surface area contributed by atoms with Crippen LogP contribution >= 0.6 is 38.9 Å². The van der Waals surface area contributed by atoms with Gasteiger partial charge in [-0.1, -0.05) is 0 Å². The second-order valence-corrected chi connectivity index (χ2v) is 6.47. The van der Waals surface area contributed by atoms with Gasteiger partial charge in [0.05, 0.1) is 9.16 Å². The summed E-state index contributed by atoms with van der Waals surface area (Å²) < 4.78 is 27.6. The third kappa shape index (κ3) is 2.69. The fourth-order valence-corrected chi connectivity index (χ4v) is 3.40. The van der Waals surface area contributed by atoms with E-state index in [0.29, 0.717) is 0 Å². The van der Waals surface area contributed by atoms with Crippen molar-refractivity contribution in [1.29, 1.82) is 0 Å². The van der Waals surface area contributed by atoms with Crippen molar-refractivity contribution in [3.05, 3.63) is 55.7 Å². The van der Waals surface area contributed by atoms with Gasteiger partial charge in [-0.05, 0) is 52.7 Å². The fourth-order valence-electron chi connectivity index (χ4n) is 1.47. The molecule has 1 atom stereocenters. The van der Waals surface area contributed by atoms with E-state index in [4.69, 9.17) is 11.6 Å². The number of halogens is 4. The maximum atomic E-state index is 13.6. The largest absolute Gasteiger partial charge is 0.207 e. The van der Waals surface area contributed by atoms with Gasteiger partial charge >= 0.3 is 0 Å². The van der Waals surface area contributed by atoms with E-state index in [2.05, 4.69) is 15.9 Å². The molecule has 0 nitrogen and oxygen atoms in total. The second-order valence-electron chi connectivity index (χ2n) is 3.63. The zero-order chi connectivity index (χ0) is 12.6. The summed E-state index contributed by atoms with van der Waals surface area (Å²) in [6, 6.07) is 5.18. The van der Waals surface area contributed by atoms with Crippen molar-refractivity contribution in [2.24, 2.45) is 0 Å². The molecule has 2 aromatic rings. The Kier molecular flexibility index (Phi) is 3.85. The lowest BCUT2D eigenvalue weighted by atomic mass is 10.1. The molecule has 0 radical (unpaired) electrons. The number of alkyl halides is 1. The summed E-state index contributed by atoms with van der Waals surface area (Å²) in [5.74, 6) is -0.979. The van der Waals surface area contributed by atoms with E-state index >= 15 is 0 Å². The molecule has 0 aliphatic heterocycles. The molecule has 0 saturated carbocycles. The number of hydrogen-bond donors (Lipinski definition) is 0. The SMILES string of the molecule is Cc1cc(C(Cl)c2cc(F)ccc2F)sc1Br. The minimum Gasteiger partial charge on any atom is -0.207 e. The van der Waals surface area contributed by atoms with E-state index < -0.39 is 17.0 Å². The van der Waals surface area contributed by atoms with Crippen LogP contribution in [0.2, 0.25) is 0 Å². The molecule has 0 N–H and O–H groups in total. The van der Waals surface area contributed by atoms with Crippen molar-refractivity contribution in [1.82, 2.24) is 0 Å². The summed E-state index contributed by atoms with van der Waals surface area (Å²) in [4.78, 5) is 0.792. The zero-order valence-electron chi connectivity index (χ0n) is 8.81. The van der Waals surface area contributed by atoms with Crippen LogP contribution < -0.4 is 0 Å². The summed E-state index contributed by atoms with van der Waals surface area (Å²) in [5, 5.41) is -0.666. The maximum absolute atomic E-state index is 13.6. The lowest BCUT2D eigenvalue weighted by Crippen LogP contribution is -1.96. The average molecular weight is 338 g/mol. The number of rotatable bonds is 2. The van der Waals surface area contributed by atoms with Gasteiger partial charge in [0.15, 0.2) is 0 Å². The Morgan fingerprint density at radius 3 is 2.59 bits per heavy atom. The topological polar surface area (TPSA) is 0 Å². The van der Waals surface area contributed by atoms with E-state index in [9.17, 15) is 8.78 Å². The molecule has 0 spiro atoms. The van der Waals surface area contributed by atoms with Crippen LogP contribution in [0, 0.1) is 18.6 Å². The number of aryl methyl sites for hydroxylation is 1. The molecule has 1 unspecified atom stereocenters. The van der Waals surface area contributed by atoms with Crippen molar-refractivity contribution < 1.29 is 8.78 Å². The Bertz CT molecular complexity index is 534. The molecular weight excluding hydrogens is 330 g/mol. The van der Waals surface area contributed by atoms with E-state index in [1.54, 1.807) is 0 Å². The highest BCUT2D eigenvalue weighted by molar-refractivity contribution is 9.11. The fraction of sp³-hybridized carbons (Fsp3) is 0.167. The summed E-state index contributed by atoms with van der Waals surface area (Å²) in [6.45, 7) is 1.93. The van der Waals surface area contributed by atoms with Gasteiger partial charge in [0.25, 0.3) is 0 Å². The van der Waals surface area contributed by atoms with Crippen LogP contribution in [0.25, 0.3) is 0 Å². The van der Waals surface area contributed by atoms with E-state index in [1.807, 2.05) is 13.0 Å². The van der Waals surface area contributed by atoms with Crippen LogP contribution in [0.1, 0.15) is 21.4 Å². The maximum Gasteiger partial charge on any atom is 0.128 e. The van der Waals surface area contributed by atoms with Gasteiger partial charge in [-0.2, -0.15) is 0 Å². The Labute approximate surface area is 115 Å². The predicted molar refractivity (Wildman–Crippen MR) is 70.8 cm³/mol. The van der Waals surface area contributed by atoms with Crippen LogP contribution in [-0.4, -0.2) is 0 Å². The van der Waals surface area contributed by atoms with Crippen molar-refractivity contribution in [2.45, 2.75) is 12.3 Å². The second kappa shape index (κ2) is 5.04. The highest BCUT2D eigenvalue weighted by atomic mass is 79.9. The summed E-state index contributed by atoms with van der Waals surface area (Å²) >= 11 is 11.0. The number of thiophene rings is 1. The molecule has 5 heteroatoms. The third-order valence-electron chi connectivity index (χ3n) is 2.36. The van der Waals surface area contributed by atoms with Gasteiger partial charge in [-0.15, -0.1) is 22.9 Å². The van der Waals surface area contributed by atoms with Gasteiger partial charge in [0, 0.05) is 10.4 Å². The molecule has 0 saturated heterocycles. The Morgan fingerprint density at radius 1 is 1.29 bits per heavy atom. The standard InChI is InChI=1S/C12H8BrClF2S/c1-6-4-10(17-12(6)13)11(14)8-5-7(15)2-3-9(8)16/h2-5,11H,1H3. The van der Waals surface area contributed by atoms with Gasteiger partial charge in [-0.25, -0.2) is 8.78 Å². The molecule has 1 aromatic heterocycles. The quantitative estimate of drug-likeness (QED) is 0.641. The molecular formula is C12H8BrClF2S. The normalized spacial score (nSPS) is 12.8. The van der Waals surface area contributed by atoms with E-state index in [-0.39, 0.29) is 5.56 Å². The molecule has 2 rings (SSSR count). The zero-order valence-corrected chi connectivity index (χ0v) is 12.0. The highest BCUT2D eigenvalue weighted by Crippen LogP contribution is 2.38. The summed E-state index contributed by atoms with van der Waals surface area (Å²) in [5.41, 5.74) is 1.20. The van der Waals surface area contributed by atoms with Gasteiger partial charge < -0.3 is 0 Å². The van der Waals surface area contributed by atoms with Crippen molar-refractivity contribution in [3.8, 4) is 0 Å². The summed E-state index contributed by atoms with van der Waals surface area (Å²) in [7, 11) is 0. The molecule has 0 amide bonds. The molecule has 0 aliphatic rings. The minimum absolute atomic E-state index is 0.167. The monoisotopic (exact) mass is 336 g/mol. The molecule has 1 heterocycles. The van der Waals surface area contributed by atoms with Crippen molar-refractivity contribution >= 4 is 38.9 Å². The first-order valence-corrected chi connectivity index (χ1v) is 6.88. The van der Waals surface area contributed by atoms with Gasteiger partial charge in [0.2, 0.25) is 0 Å². The lowest BCUT2D eigenvalue weighted by molar-refractivity contribution is 0.587. The molecule has 0 aliphatic carbocycles. The van der Waals surface area contributed by atoms with Crippen LogP contribution in [0.5, 0.6) is 0 Å². The minimum atomic E-state index is -0.666. The van der Waals surface area contributed by atoms with Crippen LogP contribution in [-0.2, 0) is 0 Å². The molecule has 1 aromatic carbocycles. The molecule has 0 fully saturated rings. The van der Waals surface area contributed by atoms with Crippen LogP contribution in [0.3, 0.4) is 0 Å². The van der Waals surface area contributed by atoms with E-state index in [0.717, 1.165) is 32.4 Å². The van der Waals surface area contributed by atoms with Crippen molar-refractivity contribution in [3.63, 3.8) is 0 Å². The molecule has 0 bridgehead atoms. The van der Waals surface area contributed by atoms with E-state index in [1.165, 1.54) is 11.3 Å². The number of hydrogen-bond acceptors (Lipinski definition) is 1. The Balaban J connectivity index is 2.42. The first-order chi connectivity index (χ1) is 7.99.